The highest BCUT2D eigenvalue weighted by Crippen LogP contribution is 2.40. The Morgan fingerprint density at radius 3 is 2.52 bits per heavy atom. The third-order valence-corrected chi connectivity index (χ3v) is 3.59. The smallest absolute Gasteiger partial charge is 0.416 e. The minimum absolute atomic E-state index is 0.0851. The maximum Gasteiger partial charge on any atom is 0.416 e. The van der Waals surface area contributed by atoms with Crippen molar-refractivity contribution in [3.63, 3.8) is 0 Å². The molecule has 0 bridgehead atoms. The van der Waals surface area contributed by atoms with Crippen molar-refractivity contribution < 1.29 is 23.0 Å². The molecule has 0 saturated heterocycles. The number of halogens is 3. The van der Waals surface area contributed by atoms with Gasteiger partial charge in [0.05, 0.1) is 17.9 Å². The second-order valence-corrected chi connectivity index (χ2v) is 4.94. The first kappa shape index (κ1) is 13.9. The van der Waals surface area contributed by atoms with Gasteiger partial charge in [0.15, 0.2) is 0 Å². The molecule has 21 heavy (non-hydrogen) atoms. The van der Waals surface area contributed by atoms with Crippen LogP contribution in [0.5, 0.6) is 5.75 Å². The Morgan fingerprint density at radius 1 is 1.24 bits per heavy atom. The van der Waals surface area contributed by atoms with E-state index >= 15 is 0 Å². The highest BCUT2D eigenvalue weighted by atomic mass is 19.4. The zero-order valence-electron chi connectivity index (χ0n) is 11.1. The van der Waals surface area contributed by atoms with Gasteiger partial charge in [0.1, 0.15) is 11.9 Å². The summed E-state index contributed by atoms with van der Waals surface area (Å²) in [6, 6.07) is 4.83. The average Bonchev–Trinajstić information content (AvgIpc) is 2.87. The van der Waals surface area contributed by atoms with Crippen LogP contribution >= 0.6 is 0 Å². The van der Waals surface area contributed by atoms with E-state index in [4.69, 9.17) is 4.74 Å². The summed E-state index contributed by atoms with van der Waals surface area (Å²) in [5, 5.41) is 9.94. The van der Waals surface area contributed by atoms with Gasteiger partial charge in [0, 0.05) is 17.3 Å². The molecule has 0 spiro atoms. The van der Waals surface area contributed by atoms with Gasteiger partial charge in [-0.3, -0.25) is 4.98 Å². The van der Waals surface area contributed by atoms with Gasteiger partial charge in [-0.2, -0.15) is 13.2 Å². The molecule has 1 N–H and O–H groups in total. The van der Waals surface area contributed by atoms with E-state index in [2.05, 4.69) is 4.98 Å². The van der Waals surface area contributed by atoms with Crippen molar-refractivity contribution in [2.45, 2.75) is 25.8 Å². The number of alkyl halides is 3. The molecule has 1 aliphatic heterocycles. The summed E-state index contributed by atoms with van der Waals surface area (Å²) in [6.45, 7) is 1.90. The van der Waals surface area contributed by atoms with E-state index in [0.717, 1.165) is 12.1 Å². The molecule has 3 nitrogen and oxygen atoms in total. The van der Waals surface area contributed by atoms with Gasteiger partial charge in [0.25, 0.3) is 0 Å². The number of fused-ring (bicyclic) bond motifs is 1. The van der Waals surface area contributed by atoms with Gasteiger partial charge in [0.2, 0.25) is 0 Å². The van der Waals surface area contributed by atoms with E-state index < -0.39 is 17.8 Å². The molecular formula is C15H12F3NO2. The van der Waals surface area contributed by atoms with E-state index in [1.807, 2.05) is 0 Å². The molecule has 1 aromatic carbocycles. The maximum absolute atomic E-state index is 12.6. The van der Waals surface area contributed by atoms with Gasteiger partial charge in [-0.25, -0.2) is 0 Å². The van der Waals surface area contributed by atoms with E-state index in [0.29, 0.717) is 22.4 Å². The van der Waals surface area contributed by atoms with E-state index in [9.17, 15) is 18.3 Å². The Bertz CT molecular complexity index is 681. The molecular weight excluding hydrogens is 283 g/mol. The second kappa shape index (κ2) is 4.73. The van der Waals surface area contributed by atoms with E-state index in [1.54, 1.807) is 13.1 Å². The summed E-state index contributed by atoms with van der Waals surface area (Å²) >= 11 is 0. The summed E-state index contributed by atoms with van der Waals surface area (Å²) < 4.78 is 43.3. The molecule has 0 fully saturated rings. The largest absolute Gasteiger partial charge is 0.506 e. The number of hydrogen-bond donors (Lipinski definition) is 1. The number of benzene rings is 1. The quantitative estimate of drug-likeness (QED) is 0.871. The average molecular weight is 295 g/mol. The highest BCUT2D eigenvalue weighted by molar-refractivity contribution is 5.46. The van der Waals surface area contributed by atoms with Crippen molar-refractivity contribution in [2.24, 2.45) is 0 Å². The minimum atomic E-state index is -4.36. The van der Waals surface area contributed by atoms with Crippen LogP contribution in [0.1, 0.15) is 34.1 Å². The van der Waals surface area contributed by atoms with Crippen molar-refractivity contribution in [1.29, 1.82) is 0 Å². The lowest BCUT2D eigenvalue weighted by Crippen LogP contribution is -2.06. The fourth-order valence-electron chi connectivity index (χ4n) is 2.42. The number of ether oxygens (including phenoxy) is 1. The SMILES string of the molecule is Cc1ncc2c(c1O)COC2c1ccc(C(F)(F)F)cc1. The Balaban J connectivity index is 1.96. The van der Waals surface area contributed by atoms with Crippen LogP contribution in [0.2, 0.25) is 0 Å². The summed E-state index contributed by atoms with van der Waals surface area (Å²) in [5.74, 6) is 0.0851. The predicted molar refractivity (Wildman–Crippen MR) is 68.7 cm³/mol. The first-order valence-electron chi connectivity index (χ1n) is 6.34. The molecule has 0 aliphatic carbocycles. The molecule has 110 valence electrons. The van der Waals surface area contributed by atoms with Crippen molar-refractivity contribution in [2.75, 3.05) is 0 Å². The lowest BCUT2D eigenvalue weighted by molar-refractivity contribution is -0.137. The number of aromatic hydroxyl groups is 1. The molecule has 2 heterocycles. The van der Waals surface area contributed by atoms with Gasteiger partial charge in [-0.05, 0) is 24.6 Å². The number of aryl methyl sites for hydroxylation is 1. The molecule has 0 amide bonds. The molecule has 1 aromatic heterocycles. The highest BCUT2D eigenvalue weighted by Gasteiger charge is 2.32. The van der Waals surface area contributed by atoms with Crippen molar-refractivity contribution in [3.8, 4) is 5.75 Å². The molecule has 1 atom stereocenters. The summed E-state index contributed by atoms with van der Waals surface area (Å²) in [6.07, 6.45) is -3.26. The molecule has 0 radical (unpaired) electrons. The Kier molecular flexibility index (Phi) is 3.13. The molecule has 1 unspecified atom stereocenters. The summed E-state index contributed by atoms with van der Waals surface area (Å²) in [4.78, 5) is 4.07. The van der Waals surface area contributed by atoms with Gasteiger partial charge in [-0.1, -0.05) is 12.1 Å². The fraction of sp³-hybridized carbons (Fsp3) is 0.267. The molecule has 2 aromatic rings. The Labute approximate surface area is 119 Å². The van der Waals surface area contributed by atoms with Crippen molar-refractivity contribution in [3.05, 3.63) is 58.4 Å². The lowest BCUT2D eigenvalue weighted by atomic mass is 9.99. The Hall–Kier alpha value is -2.08. The monoisotopic (exact) mass is 295 g/mol. The van der Waals surface area contributed by atoms with Crippen LogP contribution in [0.4, 0.5) is 13.2 Å². The van der Waals surface area contributed by atoms with Crippen molar-refractivity contribution >= 4 is 0 Å². The number of rotatable bonds is 1. The van der Waals surface area contributed by atoms with Crippen molar-refractivity contribution in [1.82, 2.24) is 4.98 Å². The third-order valence-electron chi connectivity index (χ3n) is 3.59. The first-order valence-corrected chi connectivity index (χ1v) is 6.34. The van der Waals surface area contributed by atoms with Gasteiger partial charge in [-0.15, -0.1) is 0 Å². The number of pyridine rings is 1. The van der Waals surface area contributed by atoms with Crippen LogP contribution in [-0.2, 0) is 17.5 Å². The maximum atomic E-state index is 12.6. The fourth-order valence-corrected chi connectivity index (χ4v) is 2.42. The van der Waals surface area contributed by atoms with Crippen LogP contribution in [0, 0.1) is 6.92 Å². The van der Waals surface area contributed by atoms with Crippen LogP contribution in [0.3, 0.4) is 0 Å². The number of aromatic nitrogens is 1. The van der Waals surface area contributed by atoms with Gasteiger partial charge < -0.3 is 9.84 Å². The van der Waals surface area contributed by atoms with E-state index in [-0.39, 0.29) is 12.4 Å². The van der Waals surface area contributed by atoms with E-state index in [1.165, 1.54) is 12.1 Å². The molecule has 0 saturated carbocycles. The van der Waals surface area contributed by atoms with Crippen LogP contribution in [0.25, 0.3) is 0 Å². The number of hydrogen-bond acceptors (Lipinski definition) is 3. The lowest BCUT2D eigenvalue weighted by Gasteiger charge is -2.13. The predicted octanol–water partition coefficient (Wildman–Crippen LogP) is 3.73. The zero-order valence-corrected chi connectivity index (χ0v) is 11.1. The van der Waals surface area contributed by atoms with Crippen LogP contribution in [-0.4, -0.2) is 10.1 Å². The molecule has 3 rings (SSSR count). The van der Waals surface area contributed by atoms with Crippen LogP contribution in [0.15, 0.2) is 30.5 Å². The molecule has 1 aliphatic rings. The second-order valence-electron chi connectivity index (χ2n) is 4.94. The van der Waals surface area contributed by atoms with Gasteiger partial charge >= 0.3 is 6.18 Å². The summed E-state index contributed by atoms with van der Waals surface area (Å²) in [5.41, 5.74) is 1.75. The first-order chi connectivity index (χ1) is 9.88. The Morgan fingerprint density at radius 2 is 1.90 bits per heavy atom. The minimum Gasteiger partial charge on any atom is -0.506 e. The normalized spacial score (nSPS) is 17.8. The zero-order chi connectivity index (χ0) is 15.2. The topological polar surface area (TPSA) is 42.4 Å². The third kappa shape index (κ3) is 2.35. The van der Waals surface area contributed by atoms with Crippen LogP contribution < -0.4 is 0 Å². The molecule has 6 heteroatoms. The standard InChI is InChI=1S/C15H12F3NO2/c1-8-13(20)12-7-21-14(11(12)6-19-8)9-2-4-10(5-3-9)15(16,17)18/h2-6,14,20H,7H2,1H3. The summed E-state index contributed by atoms with van der Waals surface area (Å²) in [7, 11) is 0. The number of nitrogens with zero attached hydrogens (tertiary/aromatic N) is 1.